The molecule has 2 aromatic rings. The first-order valence-electron chi connectivity index (χ1n) is 5.14. The number of H-pyrrole nitrogens is 1. The van der Waals surface area contributed by atoms with Crippen molar-refractivity contribution in [1.82, 2.24) is 9.55 Å². The van der Waals surface area contributed by atoms with Crippen LogP contribution in [0.25, 0.3) is 11.0 Å². The van der Waals surface area contributed by atoms with E-state index in [1.54, 1.807) is 6.20 Å². The Bertz CT molecular complexity index is 670. The number of nitrogens with zero attached hydrogens (tertiary/aromatic N) is 2. The Morgan fingerprint density at radius 2 is 2.31 bits per heavy atom. The van der Waals surface area contributed by atoms with Crippen LogP contribution < -0.4 is 11.2 Å². The van der Waals surface area contributed by atoms with E-state index in [-0.39, 0.29) is 11.1 Å². The van der Waals surface area contributed by atoms with Gasteiger partial charge in [-0.25, -0.2) is 0 Å². The van der Waals surface area contributed by atoms with Crippen molar-refractivity contribution in [2.24, 2.45) is 0 Å². The highest BCUT2D eigenvalue weighted by Gasteiger charge is 2.27. The molecule has 3 rings (SSSR count). The zero-order chi connectivity index (χ0) is 11.3. The van der Waals surface area contributed by atoms with Crippen molar-refractivity contribution >= 4 is 16.7 Å². The van der Waals surface area contributed by atoms with Gasteiger partial charge in [-0.05, 0) is 12.8 Å². The molecule has 0 aromatic carbocycles. The van der Waals surface area contributed by atoms with E-state index < -0.39 is 0 Å². The first-order valence-corrected chi connectivity index (χ1v) is 5.14. The first-order chi connectivity index (χ1) is 7.72. The molecule has 1 aliphatic carbocycles. The summed E-state index contributed by atoms with van der Waals surface area (Å²) in [6.07, 6.45) is 5.42. The smallest absolute Gasteiger partial charge is 0.215 e. The average Bonchev–Trinajstić information content (AvgIpc) is 3.05. The summed E-state index contributed by atoms with van der Waals surface area (Å²) in [6.45, 7) is 0. The van der Waals surface area contributed by atoms with E-state index in [0.717, 1.165) is 12.8 Å². The molecule has 0 spiro atoms. The molecule has 0 radical (unpaired) electrons. The van der Waals surface area contributed by atoms with Crippen molar-refractivity contribution in [1.29, 1.82) is 5.26 Å². The second-order valence-corrected chi connectivity index (χ2v) is 4.09. The molecule has 1 aliphatic rings. The molecule has 16 heavy (non-hydrogen) atoms. The van der Waals surface area contributed by atoms with E-state index in [4.69, 9.17) is 11.0 Å². The second kappa shape index (κ2) is 2.89. The highest BCUT2D eigenvalue weighted by molar-refractivity contribution is 5.85. The number of anilines is 1. The van der Waals surface area contributed by atoms with Gasteiger partial charge in [0.25, 0.3) is 0 Å². The van der Waals surface area contributed by atoms with Crippen LogP contribution in [0.2, 0.25) is 0 Å². The summed E-state index contributed by atoms with van der Waals surface area (Å²) in [5.74, 6) is 0. The third kappa shape index (κ3) is 1.07. The predicted molar refractivity (Wildman–Crippen MR) is 60.0 cm³/mol. The van der Waals surface area contributed by atoms with E-state index in [2.05, 4.69) is 4.98 Å². The number of nitrogens with two attached hydrogens (primary N) is 1. The number of hydrogen-bond donors (Lipinski definition) is 2. The Morgan fingerprint density at radius 1 is 1.56 bits per heavy atom. The summed E-state index contributed by atoms with van der Waals surface area (Å²) >= 11 is 0. The van der Waals surface area contributed by atoms with E-state index in [1.165, 1.54) is 6.20 Å². The van der Waals surface area contributed by atoms with E-state index in [1.807, 2.05) is 10.6 Å². The number of nitrogen functional groups attached to an aromatic ring is 1. The fourth-order valence-electron chi connectivity index (χ4n) is 1.98. The van der Waals surface area contributed by atoms with Gasteiger partial charge in [-0.3, -0.25) is 4.79 Å². The normalized spacial score (nSPS) is 15.2. The number of hydrogen-bond acceptors (Lipinski definition) is 3. The lowest BCUT2D eigenvalue weighted by molar-refractivity contribution is 0.766. The fraction of sp³-hybridized carbons (Fsp3) is 0.273. The predicted octanol–water partition coefficient (Wildman–Crippen LogP) is 1.12. The minimum atomic E-state index is -0.260. The summed E-state index contributed by atoms with van der Waals surface area (Å²) in [6, 6.07) is 2.46. The molecule has 0 saturated heterocycles. The maximum absolute atomic E-state index is 11.9. The molecule has 5 heteroatoms. The molecular formula is C11H10N4O. The molecule has 2 aromatic heterocycles. The number of aromatic amines is 1. The van der Waals surface area contributed by atoms with Gasteiger partial charge in [-0.2, -0.15) is 5.26 Å². The van der Waals surface area contributed by atoms with Gasteiger partial charge >= 0.3 is 0 Å². The lowest BCUT2D eigenvalue weighted by Crippen LogP contribution is -2.09. The van der Waals surface area contributed by atoms with Crippen LogP contribution in [0.15, 0.2) is 17.2 Å². The van der Waals surface area contributed by atoms with Crippen LogP contribution in [-0.4, -0.2) is 9.55 Å². The molecule has 3 N–H and O–H groups in total. The Hall–Kier alpha value is -2.22. The van der Waals surface area contributed by atoms with Crippen LogP contribution in [0, 0.1) is 11.3 Å². The molecule has 1 saturated carbocycles. The van der Waals surface area contributed by atoms with Crippen molar-refractivity contribution < 1.29 is 0 Å². The molecule has 0 amide bonds. The van der Waals surface area contributed by atoms with Crippen molar-refractivity contribution in [2.75, 3.05) is 5.73 Å². The first kappa shape index (κ1) is 9.04. The van der Waals surface area contributed by atoms with Gasteiger partial charge in [0, 0.05) is 18.4 Å². The number of aromatic nitrogens is 2. The SMILES string of the molecule is N#Cc1cn(C2CC2)c2[nH]cc(N)c(=O)c12. The van der Waals surface area contributed by atoms with Gasteiger partial charge < -0.3 is 15.3 Å². The van der Waals surface area contributed by atoms with Crippen LogP contribution in [0.4, 0.5) is 5.69 Å². The highest BCUT2D eigenvalue weighted by atomic mass is 16.1. The molecule has 2 heterocycles. The summed E-state index contributed by atoms with van der Waals surface area (Å²) in [7, 11) is 0. The van der Waals surface area contributed by atoms with Gasteiger partial charge in [-0.1, -0.05) is 0 Å². The van der Waals surface area contributed by atoms with Gasteiger partial charge in [0.1, 0.15) is 11.7 Å². The van der Waals surface area contributed by atoms with E-state index in [0.29, 0.717) is 22.6 Å². The van der Waals surface area contributed by atoms with Crippen LogP contribution in [0.1, 0.15) is 24.4 Å². The Labute approximate surface area is 91.1 Å². The lowest BCUT2D eigenvalue weighted by atomic mass is 10.2. The molecule has 80 valence electrons. The molecule has 1 fully saturated rings. The molecule has 5 nitrogen and oxygen atoms in total. The van der Waals surface area contributed by atoms with Crippen LogP contribution in [-0.2, 0) is 0 Å². The van der Waals surface area contributed by atoms with Crippen LogP contribution >= 0.6 is 0 Å². The van der Waals surface area contributed by atoms with E-state index in [9.17, 15) is 4.79 Å². The summed E-state index contributed by atoms with van der Waals surface area (Å²) in [5, 5.41) is 9.42. The fourth-order valence-corrected chi connectivity index (χ4v) is 1.98. The highest BCUT2D eigenvalue weighted by Crippen LogP contribution is 2.37. The lowest BCUT2D eigenvalue weighted by Gasteiger charge is -2.01. The number of rotatable bonds is 1. The van der Waals surface area contributed by atoms with Crippen LogP contribution in [0.3, 0.4) is 0 Å². The van der Waals surface area contributed by atoms with Crippen molar-refractivity contribution in [2.45, 2.75) is 18.9 Å². The number of nitrogens with one attached hydrogen (secondary N) is 1. The van der Waals surface area contributed by atoms with Gasteiger partial charge in [-0.15, -0.1) is 0 Å². The largest absolute Gasteiger partial charge is 0.394 e. The van der Waals surface area contributed by atoms with Crippen molar-refractivity contribution in [3.8, 4) is 6.07 Å². The van der Waals surface area contributed by atoms with Crippen molar-refractivity contribution in [3.63, 3.8) is 0 Å². The summed E-state index contributed by atoms with van der Waals surface area (Å²) in [4.78, 5) is 14.8. The summed E-state index contributed by atoms with van der Waals surface area (Å²) in [5.41, 5.74) is 6.54. The molecule has 0 atom stereocenters. The van der Waals surface area contributed by atoms with Crippen LogP contribution in [0.5, 0.6) is 0 Å². The third-order valence-corrected chi connectivity index (χ3v) is 2.95. The number of nitriles is 1. The van der Waals surface area contributed by atoms with E-state index >= 15 is 0 Å². The molecular weight excluding hydrogens is 204 g/mol. The summed E-state index contributed by atoms with van der Waals surface area (Å²) < 4.78 is 1.97. The standard InChI is InChI=1S/C11H10N4O/c12-3-6-5-15(7-1-2-7)11-9(6)10(16)8(13)4-14-11/h4-5,7H,1-2,13H2,(H,14,16). The molecule has 0 unspecified atom stereocenters. The maximum Gasteiger partial charge on any atom is 0.215 e. The zero-order valence-corrected chi connectivity index (χ0v) is 8.53. The average molecular weight is 214 g/mol. The van der Waals surface area contributed by atoms with Gasteiger partial charge in [0.2, 0.25) is 5.43 Å². The number of fused-ring (bicyclic) bond motifs is 1. The molecule has 0 bridgehead atoms. The monoisotopic (exact) mass is 214 g/mol. The number of pyridine rings is 1. The zero-order valence-electron chi connectivity index (χ0n) is 8.53. The second-order valence-electron chi connectivity index (χ2n) is 4.09. The van der Waals surface area contributed by atoms with Gasteiger partial charge in [0.15, 0.2) is 0 Å². The quantitative estimate of drug-likeness (QED) is 0.745. The third-order valence-electron chi connectivity index (χ3n) is 2.95. The topological polar surface area (TPSA) is 87.6 Å². The maximum atomic E-state index is 11.9. The Kier molecular flexibility index (Phi) is 1.63. The minimum absolute atomic E-state index is 0.151. The Morgan fingerprint density at radius 3 is 2.94 bits per heavy atom. The minimum Gasteiger partial charge on any atom is -0.394 e. The van der Waals surface area contributed by atoms with Crippen molar-refractivity contribution in [3.05, 3.63) is 28.2 Å². The van der Waals surface area contributed by atoms with Gasteiger partial charge in [0.05, 0.1) is 16.6 Å². The molecule has 0 aliphatic heterocycles. The Balaban J connectivity index is 2.46.